The van der Waals surface area contributed by atoms with Crippen molar-refractivity contribution in [1.29, 1.82) is 0 Å². The van der Waals surface area contributed by atoms with Crippen LogP contribution in [0.1, 0.15) is 29.1 Å². The number of nitrogens with zero attached hydrogens (tertiary/aromatic N) is 3. The molecule has 0 fully saturated rings. The predicted octanol–water partition coefficient (Wildman–Crippen LogP) is 2.35. The zero-order valence-electron chi connectivity index (χ0n) is 13.8. The second-order valence-corrected chi connectivity index (χ2v) is 5.58. The summed E-state index contributed by atoms with van der Waals surface area (Å²) in [5.74, 6) is 0.498. The van der Waals surface area contributed by atoms with E-state index in [1.165, 1.54) is 0 Å². The first-order chi connectivity index (χ1) is 12.1. The Labute approximate surface area is 144 Å². The molecule has 1 N–H and O–H groups in total. The van der Waals surface area contributed by atoms with E-state index in [2.05, 4.69) is 15.5 Å². The van der Waals surface area contributed by atoms with Crippen LogP contribution in [-0.2, 0) is 18.4 Å². The first-order valence-corrected chi connectivity index (χ1v) is 7.93. The van der Waals surface area contributed by atoms with E-state index in [-0.39, 0.29) is 31.1 Å². The average Bonchev–Trinajstić information content (AvgIpc) is 3.27. The Kier molecular flexibility index (Phi) is 5.03. The minimum absolute atomic E-state index is 0.0560. The zero-order valence-corrected chi connectivity index (χ0v) is 13.8. The molecule has 1 aromatic carbocycles. The van der Waals surface area contributed by atoms with E-state index in [0.29, 0.717) is 17.3 Å². The van der Waals surface area contributed by atoms with E-state index in [4.69, 9.17) is 4.52 Å². The van der Waals surface area contributed by atoms with Crippen molar-refractivity contribution in [2.24, 2.45) is 7.05 Å². The van der Waals surface area contributed by atoms with Crippen LogP contribution in [0, 0.1) is 0 Å². The smallest absolute Gasteiger partial charge is 0.246 e. The highest BCUT2D eigenvalue weighted by Gasteiger charge is 2.13. The standard InChI is InChI=1S/C18H18N4O3/c1-22-11-5-8-14(22)18-20-17(25-21-18)12-19-16(24)10-9-15(23)13-6-3-2-4-7-13/h2-8,11H,9-10,12H2,1H3,(H,19,24). The Bertz CT molecular complexity index is 867. The van der Waals surface area contributed by atoms with Gasteiger partial charge in [-0.05, 0) is 12.1 Å². The van der Waals surface area contributed by atoms with Crippen LogP contribution in [0.5, 0.6) is 0 Å². The Balaban J connectivity index is 1.47. The van der Waals surface area contributed by atoms with Crippen molar-refractivity contribution in [2.75, 3.05) is 0 Å². The topological polar surface area (TPSA) is 90.0 Å². The number of ketones is 1. The van der Waals surface area contributed by atoms with E-state index in [1.54, 1.807) is 24.3 Å². The number of aromatic nitrogens is 3. The number of hydrogen-bond acceptors (Lipinski definition) is 5. The molecule has 0 atom stereocenters. The second-order valence-electron chi connectivity index (χ2n) is 5.58. The summed E-state index contributed by atoms with van der Waals surface area (Å²) in [5, 5.41) is 6.58. The van der Waals surface area contributed by atoms with Crippen LogP contribution in [0.3, 0.4) is 0 Å². The largest absolute Gasteiger partial charge is 0.348 e. The van der Waals surface area contributed by atoms with Gasteiger partial charge in [0.25, 0.3) is 0 Å². The molecule has 2 heterocycles. The Hall–Kier alpha value is -3.22. The molecular formula is C18H18N4O3. The molecule has 0 aliphatic heterocycles. The molecule has 0 bridgehead atoms. The van der Waals surface area contributed by atoms with Gasteiger partial charge >= 0.3 is 0 Å². The highest BCUT2D eigenvalue weighted by Crippen LogP contribution is 2.15. The van der Waals surface area contributed by atoms with Crippen molar-refractivity contribution in [2.45, 2.75) is 19.4 Å². The van der Waals surface area contributed by atoms with Gasteiger partial charge in [0.05, 0.1) is 12.2 Å². The molecule has 0 radical (unpaired) electrons. The molecule has 0 saturated heterocycles. The number of rotatable bonds is 7. The number of benzene rings is 1. The summed E-state index contributed by atoms with van der Waals surface area (Å²) in [6, 6.07) is 12.7. The number of hydrogen-bond donors (Lipinski definition) is 1. The molecule has 0 spiro atoms. The summed E-state index contributed by atoms with van der Waals surface area (Å²) in [5.41, 5.74) is 1.44. The molecule has 3 rings (SSSR count). The van der Waals surface area contributed by atoms with E-state index < -0.39 is 0 Å². The average molecular weight is 338 g/mol. The van der Waals surface area contributed by atoms with Crippen molar-refractivity contribution in [3.63, 3.8) is 0 Å². The lowest BCUT2D eigenvalue weighted by molar-refractivity contribution is -0.121. The van der Waals surface area contributed by atoms with Gasteiger partial charge in [-0.3, -0.25) is 9.59 Å². The zero-order chi connectivity index (χ0) is 17.6. The van der Waals surface area contributed by atoms with Gasteiger partial charge in [-0.25, -0.2) is 0 Å². The third-order valence-electron chi connectivity index (χ3n) is 3.75. The van der Waals surface area contributed by atoms with Crippen LogP contribution in [0.15, 0.2) is 53.2 Å². The van der Waals surface area contributed by atoms with Gasteiger partial charge in [-0.1, -0.05) is 35.5 Å². The number of carbonyl (C=O) groups excluding carboxylic acids is 2. The Morgan fingerprint density at radius 3 is 2.64 bits per heavy atom. The lowest BCUT2D eigenvalue weighted by Crippen LogP contribution is -2.23. The molecule has 7 heteroatoms. The van der Waals surface area contributed by atoms with Crippen molar-refractivity contribution < 1.29 is 14.1 Å². The molecule has 1 amide bonds. The van der Waals surface area contributed by atoms with Gasteiger partial charge in [0.15, 0.2) is 5.78 Å². The summed E-state index contributed by atoms with van der Waals surface area (Å²) in [6.45, 7) is 0.135. The van der Waals surface area contributed by atoms with Crippen LogP contribution in [-0.4, -0.2) is 26.4 Å². The number of aryl methyl sites for hydroxylation is 1. The van der Waals surface area contributed by atoms with Gasteiger partial charge in [0.2, 0.25) is 17.6 Å². The molecule has 0 aliphatic rings. The molecule has 7 nitrogen and oxygen atoms in total. The van der Waals surface area contributed by atoms with Gasteiger partial charge in [-0.15, -0.1) is 0 Å². The van der Waals surface area contributed by atoms with E-state index >= 15 is 0 Å². The summed E-state index contributed by atoms with van der Waals surface area (Å²) in [4.78, 5) is 28.1. The lowest BCUT2D eigenvalue weighted by Gasteiger charge is -2.02. The maximum Gasteiger partial charge on any atom is 0.246 e. The highest BCUT2D eigenvalue weighted by molar-refractivity contribution is 5.97. The molecular weight excluding hydrogens is 320 g/mol. The third kappa shape index (κ3) is 4.20. The fourth-order valence-corrected chi connectivity index (χ4v) is 2.38. The molecule has 3 aromatic rings. The normalized spacial score (nSPS) is 10.6. The third-order valence-corrected chi connectivity index (χ3v) is 3.75. The van der Waals surface area contributed by atoms with Crippen LogP contribution >= 0.6 is 0 Å². The monoisotopic (exact) mass is 338 g/mol. The van der Waals surface area contributed by atoms with Crippen LogP contribution < -0.4 is 5.32 Å². The van der Waals surface area contributed by atoms with Gasteiger partial charge < -0.3 is 14.4 Å². The number of Topliss-reactive ketones (excluding diaryl/α,β-unsaturated/α-hetero) is 1. The molecule has 0 saturated carbocycles. The Morgan fingerprint density at radius 2 is 1.92 bits per heavy atom. The van der Waals surface area contributed by atoms with Crippen molar-refractivity contribution in [3.8, 4) is 11.5 Å². The summed E-state index contributed by atoms with van der Waals surface area (Å²) >= 11 is 0. The fraction of sp³-hybridized carbons (Fsp3) is 0.222. The number of amides is 1. The minimum atomic E-state index is -0.233. The quantitative estimate of drug-likeness (QED) is 0.668. The van der Waals surface area contributed by atoms with Crippen molar-refractivity contribution in [3.05, 3.63) is 60.1 Å². The van der Waals surface area contributed by atoms with E-state index in [9.17, 15) is 9.59 Å². The van der Waals surface area contributed by atoms with Gasteiger partial charge in [0.1, 0.15) is 0 Å². The number of carbonyl (C=O) groups is 2. The molecule has 0 aliphatic carbocycles. The molecule has 25 heavy (non-hydrogen) atoms. The lowest BCUT2D eigenvalue weighted by atomic mass is 10.1. The van der Waals surface area contributed by atoms with Gasteiger partial charge in [-0.2, -0.15) is 4.98 Å². The van der Waals surface area contributed by atoms with Crippen LogP contribution in [0.4, 0.5) is 0 Å². The SMILES string of the molecule is Cn1cccc1-c1noc(CNC(=O)CCC(=O)c2ccccc2)n1. The second kappa shape index (κ2) is 7.57. The minimum Gasteiger partial charge on any atom is -0.348 e. The van der Waals surface area contributed by atoms with Gasteiger partial charge in [0, 0.05) is 31.6 Å². The summed E-state index contributed by atoms with van der Waals surface area (Å²) in [6.07, 6.45) is 2.16. The highest BCUT2D eigenvalue weighted by atomic mass is 16.5. The maximum atomic E-state index is 12.0. The Morgan fingerprint density at radius 1 is 1.12 bits per heavy atom. The summed E-state index contributed by atoms with van der Waals surface area (Å²) in [7, 11) is 1.89. The van der Waals surface area contributed by atoms with Crippen LogP contribution in [0.25, 0.3) is 11.5 Å². The molecule has 2 aromatic heterocycles. The maximum absolute atomic E-state index is 12.0. The van der Waals surface area contributed by atoms with Crippen molar-refractivity contribution >= 4 is 11.7 Å². The van der Waals surface area contributed by atoms with E-state index in [1.807, 2.05) is 36.0 Å². The van der Waals surface area contributed by atoms with E-state index in [0.717, 1.165) is 5.69 Å². The number of nitrogens with one attached hydrogen (secondary N) is 1. The fourth-order valence-electron chi connectivity index (χ4n) is 2.38. The van der Waals surface area contributed by atoms with Crippen molar-refractivity contribution in [1.82, 2.24) is 20.0 Å². The molecule has 128 valence electrons. The predicted molar refractivity (Wildman–Crippen MR) is 90.6 cm³/mol. The molecule has 0 unspecified atom stereocenters. The first kappa shape index (κ1) is 16.6. The first-order valence-electron chi connectivity index (χ1n) is 7.93. The van der Waals surface area contributed by atoms with Crippen LogP contribution in [0.2, 0.25) is 0 Å². The summed E-state index contributed by atoms with van der Waals surface area (Å²) < 4.78 is 7.01.